The minimum absolute atomic E-state index is 0.0247. The van der Waals surface area contributed by atoms with Gasteiger partial charge in [-0.2, -0.15) is 0 Å². The van der Waals surface area contributed by atoms with Gasteiger partial charge >= 0.3 is 0 Å². The summed E-state index contributed by atoms with van der Waals surface area (Å²) in [7, 11) is 0. The lowest BCUT2D eigenvalue weighted by molar-refractivity contribution is -0.134. The second-order valence-electron chi connectivity index (χ2n) is 3.89. The third-order valence-electron chi connectivity index (χ3n) is 1.66. The van der Waals surface area contributed by atoms with Gasteiger partial charge in [0.25, 0.3) is 5.97 Å². The van der Waals surface area contributed by atoms with Crippen LogP contribution >= 0.6 is 0 Å². The highest BCUT2D eigenvalue weighted by Crippen LogP contribution is 2.14. The van der Waals surface area contributed by atoms with Crippen LogP contribution in [0.15, 0.2) is 23.8 Å². The molecule has 0 bridgehead atoms. The Labute approximate surface area is 94.7 Å². The Balaban J connectivity index is 0.000000487. The second-order valence-corrected chi connectivity index (χ2v) is 3.89. The first-order chi connectivity index (χ1) is 7.32. The highest BCUT2D eigenvalue weighted by molar-refractivity contribution is 6.17. The molecule has 0 radical (unpaired) electrons. The number of hydrogen-bond acceptors (Lipinski definition) is 3. The van der Waals surface area contributed by atoms with E-state index in [0.29, 0.717) is 17.9 Å². The Morgan fingerprint density at radius 2 is 1.81 bits per heavy atom. The molecule has 0 aliphatic heterocycles. The maximum atomic E-state index is 11.2. The zero-order valence-corrected chi connectivity index (χ0v) is 9.69. The molecule has 1 rings (SSSR count). The van der Waals surface area contributed by atoms with E-state index in [4.69, 9.17) is 9.90 Å². The van der Waals surface area contributed by atoms with Gasteiger partial charge in [-0.05, 0) is 30.6 Å². The predicted molar refractivity (Wildman–Crippen MR) is 60.0 cm³/mol. The van der Waals surface area contributed by atoms with E-state index in [1.807, 2.05) is 13.8 Å². The van der Waals surface area contributed by atoms with Crippen molar-refractivity contribution in [2.75, 3.05) is 0 Å². The first-order valence-corrected chi connectivity index (χ1v) is 4.99. The zero-order chi connectivity index (χ0) is 12.7. The van der Waals surface area contributed by atoms with Crippen molar-refractivity contribution >= 4 is 17.5 Å². The van der Waals surface area contributed by atoms with Crippen LogP contribution in [0.25, 0.3) is 0 Å². The Morgan fingerprint density at radius 3 is 2.25 bits per heavy atom. The van der Waals surface area contributed by atoms with Gasteiger partial charge < -0.3 is 5.11 Å². The highest BCUT2D eigenvalue weighted by Gasteiger charge is 2.13. The summed E-state index contributed by atoms with van der Waals surface area (Å²) in [6.07, 6.45) is 4.78. The Kier molecular flexibility index (Phi) is 6.00. The summed E-state index contributed by atoms with van der Waals surface area (Å²) >= 11 is 0. The summed E-state index contributed by atoms with van der Waals surface area (Å²) in [6.45, 7) is 5.13. The number of carbonyl (C=O) groups is 3. The topological polar surface area (TPSA) is 71.4 Å². The molecule has 1 aliphatic carbocycles. The van der Waals surface area contributed by atoms with Gasteiger partial charge in [0.2, 0.25) is 0 Å². The van der Waals surface area contributed by atoms with Crippen molar-refractivity contribution in [3.63, 3.8) is 0 Å². The SMILES string of the molecule is CC(=O)O.CC(C)CC1=CC(=O)C=CC1=O. The minimum atomic E-state index is -0.833. The first kappa shape index (κ1) is 14.3. The molecule has 0 heterocycles. The van der Waals surface area contributed by atoms with Gasteiger partial charge in [0.05, 0.1) is 0 Å². The zero-order valence-electron chi connectivity index (χ0n) is 9.69. The van der Waals surface area contributed by atoms with E-state index < -0.39 is 5.97 Å². The van der Waals surface area contributed by atoms with E-state index in [0.717, 1.165) is 6.92 Å². The monoisotopic (exact) mass is 224 g/mol. The summed E-state index contributed by atoms with van der Waals surface area (Å²) in [6, 6.07) is 0. The van der Waals surface area contributed by atoms with Crippen LogP contribution in [0.2, 0.25) is 0 Å². The molecule has 0 aromatic rings. The van der Waals surface area contributed by atoms with E-state index in [1.165, 1.54) is 18.2 Å². The number of ketones is 2. The third-order valence-corrected chi connectivity index (χ3v) is 1.66. The molecule has 4 nitrogen and oxygen atoms in total. The number of aliphatic carboxylic acids is 1. The van der Waals surface area contributed by atoms with Crippen LogP contribution in [0.3, 0.4) is 0 Å². The summed E-state index contributed by atoms with van der Waals surface area (Å²) in [4.78, 5) is 31.1. The summed E-state index contributed by atoms with van der Waals surface area (Å²) in [5.74, 6) is -0.520. The third kappa shape index (κ3) is 6.70. The van der Waals surface area contributed by atoms with Gasteiger partial charge in [0.15, 0.2) is 11.6 Å². The standard InChI is InChI=1S/C10H12O2.C2H4O2/c1-7(2)5-8-6-9(11)3-4-10(8)12;1-2(3)4/h3-4,6-7H,5H2,1-2H3;1H3,(H,3,4). The molecule has 0 atom stereocenters. The summed E-state index contributed by atoms with van der Waals surface area (Å²) < 4.78 is 0. The molecule has 88 valence electrons. The highest BCUT2D eigenvalue weighted by atomic mass is 16.4. The van der Waals surface area contributed by atoms with E-state index in [-0.39, 0.29) is 11.6 Å². The van der Waals surface area contributed by atoms with Crippen molar-refractivity contribution in [2.24, 2.45) is 5.92 Å². The van der Waals surface area contributed by atoms with E-state index in [9.17, 15) is 9.59 Å². The van der Waals surface area contributed by atoms with Crippen LogP contribution in [0, 0.1) is 5.92 Å². The van der Waals surface area contributed by atoms with Crippen molar-refractivity contribution in [2.45, 2.75) is 27.2 Å². The number of carboxylic acids is 1. The van der Waals surface area contributed by atoms with Gasteiger partial charge in [-0.15, -0.1) is 0 Å². The predicted octanol–water partition coefficient (Wildman–Crippen LogP) is 1.76. The van der Waals surface area contributed by atoms with Gasteiger partial charge in [-0.25, -0.2) is 0 Å². The minimum Gasteiger partial charge on any atom is -0.481 e. The molecule has 0 spiro atoms. The fraction of sp³-hybridized carbons (Fsp3) is 0.417. The van der Waals surface area contributed by atoms with Crippen LogP contribution in [-0.2, 0) is 14.4 Å². The van der Waals surface area contributed by atoms with Gasteiger partial charge in [-0.3, -0.25) is 14.4 Å². The van der Waals surface area contributed by atoms with Gasteiger partial charge in [-0.1, -0.05) is 13.8 Å². The van der Waals surface area contributed by atoms with Gasteiger partial charge in [0, 0.05) is 12.5 Å². The van der Waals surface area contributed by atoms with Crippen molar-refractivity contribution in [3.8, 4) is 0 Å². The van der Waals surface area contributed by atoms with Crippen LogP contribution < -0.4 is 0 Å². The van der Waals surface area contributed by atoms with Crippen molar-refractivity contribution in [3.05, 3.63) is 23.8 Å². The van der Waals surface area contributed by atoms with Crippen LogP contribution in [0.4, 0.5) is 0 Å². The van der Waals surface area contributed by atoms with E-state index in [2.05, 4.69) is 0 Å². The molecular weight excluding hydrogens is 208 g/mol. The lowest BCUT2D eigenvalue weighted by Gasteiger charge is -2.08. The van der Waals surface area contributed by atoms with Crippen molar-refractivity contribution in [1.82, 2.24) is 0 Å². The average Bonchev–Trinajstić information content (AvgIpc) is 2.09. The number of carboxylic acid groups (broad SMARTS) is 1. The summed E-state index contributed by atoms with van der Waals surface area (Å²) in [5.41, 5.74) is 0.637. The Hall–Kier alpha value is -1.71. The molecule has 0 saturated carbocycles. The quantitative estimate of drug-likeness (QED) is 0.725. The molecule has 0 fully saturated rings. The molecule has 0 unspecified atom stereocenters. The fourth-order valence-corrected chi connectivity index (χ4v) is 1.16. The lowest BCUT2D eigenvalue weighted by Crippen LogP contribution is -2.09. The molecular formula is C12H16O4. The van der Waals surface area contributed by atoms with E-state index >= 15 is 0 Å². The maximum absolute atomic E-state index is 11.2. The molecule has 0 amide bonds. The lowest BCUT2D eigenvalue weighted by atomic mass is 9.95. The molecule has 16 heavy (non-hydrogen) atoms. The Morgan fingerprint density at radius 1 is 1.31 bits per heavy atom. The molecule has 0 aromatic carbocycles. The fourth-order valence-electron chi connectivity index (χ4n) is 1.16. The molecule has 1 N–H and O–H groups in total. The maximum Gasteiger partial charge on any atom is 0.300 e. The second kappa shape index (κ2) is 6.71. The molecule has 1 aliphatic rings. The van der Waals surface area contributed by atoms with Crippen molar-refractivity contribution in [1.29, 1.82) is 0 Å². The molecule has 0 saturated heterocycles. The Bertz CT molecular complexity index is 344. The van der Waals surface area contributed by atoms with Crippen LogP contribution in [0.1, 0.15) is 27.2 Å². The average molecular weight is 224 g/mol. The van der Waals surface area contributed by atoms with Crippen molar-refractivity contribution < 1.29 is 19.5 Å². The van der Waals surface area contributed by atoms with Gasteiger partial charge in [0.1, 0.15) is 0 Å². The first-order valence-electron chi connectivity index (χ1n) is 4.99. The normalized spacial score (nSPS) is 14.4. The number of hydrogen-bond donors (Lipinski definition) is 1. The van der Waals surface area contributed by atoms with Crippen LogP contribution in [0.5, 0.6) is 0 Å². The number of carbonyl (C=O) groups excluding carboxylic acids is 2. The largest absolute Gasteiger partial charge is 0.481 e. The van der Waals surface area contributed by atoms with Crippen LogP contribution in [-0.4, -0.2) is 22.6 Å². The molecule has 0 aromatic heterocycles. The van der Waals surface area contributed by atoms with E-state index in [1.54, 1.807) is 0 Å². The molecule has 4 heteroatoms. The smallest absolute Gasteiger partial charge is 0.300 e. The number of allylic oxidation sites excluding steroid dienone is 4. The summed E-state index contributed by atoms with van der Waals surface area (Å²) in [5, 5.41) is 7.42. The number of rotatable bonds is 2.